The quantitative estimate of drug-likeness (QED) is 0.661. The average Bonchev–Trinajstić information content (AvgIpc) is 2.55. The summed E-state index contributed by atoms with van der Waals surface area (Å²) in [6.45, 7) is 3.42. The van der Waals surface area contributed by atoms with Crippen molar-refractivity contribution in [3.05, 3.63) is 28.3 Å². The van der Waals surface area contributed by atoms with E-state index in [0.29, 0.717) is 23.3 Å². The number of halogens is 1. The third-order valence-corrected chi connectivity index (χ3v) is 4.41. The van der Waals surface area contributed by atoms with E-state index >= 15 is 0 Å². The van der Waals surface area contributed by atoms with Crippen LogP contribution in [0, 0.1) is 11.8 Å². The number of rotatable bonds is 4. The summed E-state index contributed by atoms with van der Waals surface area (Å²) in [5, 5.41) is 2.98. The van der Waals surface area contributed by atoms with E-state index in [1.807, 2.05) is 0 Å². The molecule has 1 aromatic rings. The zero-order valence-corrected chi connectivity index (χ0v) is 15.2. The molecule has 1 amide bonds. The Kier molecular flexibility index (Phi) is 6.22. The second-order valence-electron chi connectivity index (χ2n) is 5.84. The standard InChI is InChI=1S/C19H20ClNO4/c1-4-6-11-7-13(20)18(16(8-11)25-3)19-14(22)9-12(10-15(19)23)21-17(24)5-2/h7-8,12,19H,5,9-10H2,1-3H3,(H,21,24). The van der Waals surface area contributed by atoms with Crippen LogP contribution in [-0.4, -0.2) is 30.6 Å². The fourth-order valence-electron chi connectivity index (χ4n) is 2.99. The zero-order chi connectivity index (χ0) is 18.6. The lowest BCUT2D eigenvalue weighted by Crippen LogP contribution is -2.44. The summed E-state index contributed by atoms with van der Waals surface area (Å²) in [7, 11) is 1.46. The van der Waals surface area contributed by atoms with Crippen LogP contribution in [-0.2, 0) is 14.4 Å². The van der Waals surface area contributed by atoms with Crippen molar-refractivity contribution in [2.45, 2.75) is 45.1 Å². The number of Topliss-reactive ketones (excluding diaryl/α,β-unsaturated/α-hetero) is 2. The van der Waals surface area contributed by atoms with E-state index in [2.05, 4.69) is 17.2 Å². The van der Waals surface area contributed by atoms with Gasteiger partial charge in [-0.3, -0.25) is 14.4 Å². The molecule has 0 bridgehead atoms. The highest BCUT2D eigenvalue weighted by molar-refractivity contribution is 6.32. The highest BCUT2D eigenvalue weighted by Gasteiger charge is 2.39. The normalized spacial score (nSPS) is 19.8. The Bertz CT molecular complexity index is 758. The summed E-state index contributed by atoms with van der Waals surface area (Å²) in [6, 6.07) is 2.84. The molecule has 1 N–H and O–H groups in total. The molecule has 1 aliphatic rings. The number of hydrogen-bond acceptors (Lipinski definition) is 4. The molecule has 25 heavy (non-hydrogen) atoms. The first kappa shape index (κ1) is 19.0. The minimum atomic E-state index is -0.971. The Morgan fingerprint density at radius 3 is 2.48 bits per heavy atom. The van der Waals surface area contributed by atoms with Gasteiger partial charge in [0.25, 0.3) is 0 Å². The van der Waals surface area contributed by atoms with Crippen LogP contribution in [0.5, 0.6) is 5.75 Å². The molecule has 0 unspecified atom stereocenters. The third-order valence-electron chi connectivity index (χ3n) is 4.09. The van der Waals surface area contributed by atoms with Crippen LogP contribution in [0.25, 0.3) is 0 Å². The Balaban J connectivity index is 2.35. The van der Waals surface area contributed by atoms with Crippen molar-refractivity contribution >= 4 is 29.1 Å². The van der Waals surface area contributed by atoms with Gasteiger partial charge in [-0.1, -0.05) is 24.4 Å². The number of ketones is 2. The van der Waals surface area contributed by atoms with Crippen molar-refractivity contribution in [1.82, 2.24) is 5.32 Å². The number of methoxy groups -OCH3 is 1. The predicted molar refractivity (Wildman–Crippen MR) is 94.8 cm³/mol. The third kappa shape index (κ3) is 4.21. The summed E-state index contributed by atoms with van der Waals surface area (Å²) in [5.74, 6) is 4.33. The van der Waals surface area contributed by atoms with Crippen LogP contribution in [0.3, 0.4) is 0 Å². The van der Waals surface area contributed by atoms with E-state index < -0.39 is 12.0 Å². The van der Waals surface area contributed by atoms with Crippen molar-refractivity contribution < 1.29 is 19.1 Å². The van der Waals surface area contributed by atoms with Crippen molar-refractivity contribution in [1.29, 1.82) is 0 Å². The molecular weight excluding hydrogens is 342 g/mol. The zero-order valence-electron chi connectivity index (χ0n) is 14.4. The van der Waals surface area contributed by atoms with Gasteiger partial charge in [-0.05, 0) is 19.1 Å². The SMILES string of the molecule is CC#Cc1cc(Cl)c(C2C(=O)CC(NC(=O)CC)CC2=O)c(OC)c1. The maximum absolute atomic E-state index is 12.6. The number of carbonyl (C=O) groups excluding carboxylic acids is 3. The van der Waals surface area contributed by atoms with Gasteiger partial charge in [0.1, 0.15) is 23.2 Å². The molecule has 132 valence electrons. The number of hydrogen-bond donors (Lipinski definition) is 1. The molecule has 0 heterocycles. The van der Waals surface area contributed by atoms with Gasteiger partial charge < -0.3 is 10.1 Å². The minimum Gasteiger partial charge on any atom is -0.496 e. The van der Waals surface area contributed by atoms with Crippen LogP contribution in [0.4, 0.5) is 0 Å². The molecule has 6 heteroatoms. The summed E-state index contributed by atoms with van der Waals surface area (Å²) in [4.78, 5) is 36.7. The lowest BCUT2D eigenvalue weighted by Gasteiger charge is -2.28. The number of nitrogens with one attached hydrogen (secondary N) is 1. The second kappa shape index (κ2) is 8.17. The van der Waals surface area contributed by atoms with E-state index in [1.165, 1.54) is 7.11 Å². The first-order chi connectivity index (χ1) is 11.9. The number of carbonyl (C=O) groups is 3. The van der Waals surface area contributed by atoms with Crippen molar-refractivity contribution in [3.8, 4) is 17.6 Å². The molecule has 2 rings (SSSR count). The molecule has 1 aliphatic carbocycles. The fourth-order valence-corrected chi connectivity index (χ4v) is 3.30. The smallest absolute Gasteiger partial charge is 0.219 e. The molecule has 0 aliphatic heterocycles. The second-order valence-corrected chi connectivity index (χ2v) is 6.25. The molecule has 0 aromatic heterocycles. The largest absolute Gasteiger partial charge is 0.496 e. The monoisotopic (exact) mass is 361 g/mol. The van der Waals surface area contributed by atoms with Crippen LogP contribution in [0.2, 0.25) is 5.02 Å². The Hall–Kier alpha value is -2.32. The van der Waals surface area contributed by atoms with Crippen molar-refractivity contribution in [2.24, 2.45) is 0 Å². The van der Waals surface area contributed by atoms with Gasteiger partial charge in [-0.2, -0.15) is 0 Å². The van der Waals surface area contributed by atoms with Crippen LogP contribution >= 0.6 is 11.6 Å². The van der Waals surface area contributed by atoms with E-state index in [4.69, 9.17) is 16.3 Å². The Labute approximate surface area is 152 Å². The van der Waals surface area contributed by atoms with Crippen molar-refractivity contribution in [3.63, 3.8) is 0 Å². The summed E-state index contributed by atoms with van der Waals surface area (Å²) in [5.41, 5.74) is 1.03. The summed E-state index contributed by atoms with van der Waals surface area (Å²) in [6.07, 6.45) is 0.498. The number of benzene rings is 1. The fraction of sp³-hybridized carbons (Fsp3) is 0.421. The maximum Gasteiger partial charge on any atom is 0.219 e. The lowest BCUT2D eigenvalue weighted by atomic mass is 9.79. The molecular formula is C19H20ClNO4. The van der Waals surface area contributed by atoms with E-state index in [0.717, 1.165) is 0 Å². The molecule has 0 saturated heterocycles. The highest BCUT2D eigenvalue weighted by Crippen LogP contribution is 2.39. The molecule has 1 saturated carbocycles. The van der Waals surface area contributed by atoms with E-state index in [9.17, 15) is 14.4 Å². The van der Waals surface area contributed by atoms with E-state index in [-0.39, 0.29) is 35.3 Å². The van der Waals surface area contributed by atoms with Crippen LogP contribution in [0.1, 0.15) is 50.2 Å². The minimum absolute atomic E-state index is 0.0954. The van der Waals surface area contributed by atoms with Gasteiger partial charge in [0.05, 0.1) is 7.11 Å². The topological polar surface area (TPSA) is 72.5 Å². The van der Waals surface area contributed by atoms with E-state index in [1.54, 1.807) is 26.0 Å². The Morgan fingerprint density at radius 2 is 1.96 bits per heavy atom. The van der Waals surface area contributed by atoms with Gasteiger partial charge in [0.15, 0.2) is 0 Å². The van der Waals surface area contributed by atoms with Gasteiger partial charge in [-0.15, -0.1) is 5.92 Å². The molecule has 1 fully saturated rings. The number of amides is 1. The van der Waals surface area contributed by atoms with Gasteiger partial charge >= 0.3 is 0 Å². The molecule has 5 nitrogen and oxygen atoms in total. The molecule has 1 aromatic carbocycles. The Morgan fingerprint density at radius 1 is 1.32 bits per heavy atom. The first-order valence-corrected chi connectivity index (χ1v) is 8.44. The molecule has 0 atom stereocenters. The average molecular weight is 362 g/mol. The van der Waals surface area contributed by atoms with Gasteiger partial charge in [-0.25, -0.2) is 0 Å². The maximum atomic E-state index is 12.6. The predicted octanol–water partition coefficient (Wildman–Crippen LogP) is 2.63. The molecule has 0 spiro atoms. The lowest BCUT2D eigenvalue weighted by molar-refractivity contribution is -0.133. The number of ether oxygens (including phenoxy) is 1. The summed E-state index contributed by atoms with van der Waals surface area (Å²) >= 11 is 6.33. The molecule has 0 radical (unpaired) electrons. The first-order valence-electron chi connectivity index (χ1n) is 8.06. The summed E-state index contributed by atoms with van der Waals surface area (Å²) < 4.78 is 5.35. The van der Waals surface area contributed by atoms with Gasteiger partial charge in [0, 0.05) is 41.5 Å². The van der Waals surface area contributed by atoms with Crippen LogP contribution < -0.4 is 10.1 Å². The van der Waals surface area contributed by atoms with Crippen LogP contribution in [0.15, 0.2) is 12.1 Å². The van der Waals surface area contributed by atoms with Gasteiger partial charge in [0.2, 0.25) is 5.91 Å². The van der Waals surface area contributed by atoms with Crippen molar-refractivity contribution in [2.75, 3.05) is 7.11 Å². The highest BCUT2D eigenvalue weighted by atomic mass is 35.5.